The molecular weight excluding hydrogens is 324 g/mol. The Morgan fingerprint density at radius 1 is 0.885 bits per heavy atom. The Morgan fingerprint density at radius 2 is 1.65 bits per heavy atom. The smallest absolute Gasteiger partial charge is 0.154 e. The number of aromatic nitrogens is 1. The number of rotatable bonds is 3. The van der Waals surface area contributed by atoms with Gasteiger partial charge in [-0.15, -0.1) is 0 Å². The van der Waals surface area contributed by atoms with E-state index in [1.54, 1.807) is 19.5 Å². The minimum atomic E-state index is 0.695. The number of fused-ring (bicyclic) bond motifs is 1. The molecule has 2 aromatic carbocycles. The van der Waals surface area contributed by atoms with Crippen molar-refractivity contribution >= 4 is 17.2 Å². The van der Waals surface area contributed by atoms with Crippen LogP contribution in [0.5, 0.6) is 5.75 Å². The van der Waals surface area contributed by atoms with Gasteiger partial charge in [0.05, 0.1) is 18.5 Å². The second-order valence-corrected chi connectivity index (χ2v) is 6.02. The molecule has 5 nitrogen and oxygen atoms in total. The quantitative estimate of drug-likeness (QED) is 0.787. The Hall–Kier alpha value is -3.47. The summed E-state index contributed by atoms with van der Waals surface area (Å²) in [7, 11) is 1.66. The fourth-order valence-electron chi connectivity index (χ4n) is 2.86. The molecule has 0 atom stereocenters. The lowest BCUT2D eigenvalue weighted by Gasteiger charge is -2.09. The van der Waals surface area contributed by atoms with Crippen LogP contribution in [0.1, 0.15) is 22.3 Å². The van der Waals surface area contributed by atoms with Crippen molar-refractivity contribution in [3.63, 3.8) is 0 Å². The summed E-state index contributed by atoms with van der Waals surface area (Å²) in [4.78, 5) is 8.87. The number of nitrogens with one attached hydrogen (secondary N) is 1. The van der Waals surface area contributed by atoms with Crippen LogP contribution in [0.25, 0.3) is 0 Å². The summed E-state index contributed by atoms with van der Waals surface area (Å²) in [5, 5.41) is 4.66. The Bertz CT molecular complexity index is 992. The molecule has 1 aromatic heterocycles. The molecule has 0 unspecified atom stereocenters. The molecule has 26 heavy (non-hydrogen) atoms. The lowest BCUT2D eigenvalue weighted by atomic mass is 9.99. The fraction of sp³-hybridized carbons (Fsp3) is 0.0952. The Kier molecular flexibility index (Phi) is 4.19. The zero-order valence-corrected chi connectivity index (χ0v) is 14.6. The first-order valence-corrected chi connectivity index (χ1v) is 8.33. The summed E-state index contributed by atoms with van der Waals surface area (Å²) in [6, 6.07) is 17.9. The van der Waals surface area contributed by atoms with Crippen LogP contribution in [-0.4, -0.2) is 23.6 Å². The summed E-state index contributed by atoms with van der Waals surface area (Å²) in [6.45, 7) is 2.07. The van der Waals surface area contributed by atoms with Crippen LogP contribution in [0.3, 0.4) is 0 Å². The third-order valence-corrected chi connectivity index (χ3v) is 4.23. The van der Waals surface area contributed by atoms with Crippen molar-refractivity contribution < 1.29 is 4.74 Å². The fourth-order valence-corrected chi connectivity index (χ4v) is 2.86. The molecule has 3 aromatic rings. The van der Waals surface area contributed by atoms with Crippen LogP contribution in [0.4, 0.5) is 5.69 Å². The van der Waals surface area contributed by atoms with Crippen LogP contribution in [-0.2, 0) is 0 Å². The van der Waals surface area contributed by atoms with Gasteiger partial charge in [-0.1, -0.05) is 11.6 Å². The average Bonchev–Trinajstić information content (AvgIpc) is 2.88. The number of hydrogen-bond donors (Lipinski definition) is 1. The lowest BCUT2D eigenvalue weighted by Crippen LogP contribution is -2.19. The van der Waals surface area contributed by atoms with Crippen molar-refractivity contribution in [2.24, 2.45) is 10.1 Å². The van der Waals surface area contributed by atoms with Gasteiger partial charge in [0.15, 0.2) is 5.84 Å². The van der Waals surface area contributed by atoms with Gasteiger partial charge in [0.1, 0.15) is 5.75 Å². The van der Waals surface area contributed by atoms with Gasteiger partial charge >= 0.3 is 0 Å². The minimum absolute atomic E-state index is 0.695. The van der Waals surface area contributed by atoms with E-state index in [1.165, 1.54) is 0 Å². The van der Waals surface area contributed by atoms with Gasteiger partial charge in [-0.05, 0) is 55.5 Å². The minimum Gasteiger partial charge on any atom is -0.497 e. The summed E-state index contributed by atoms with van der Waals surface area (Å²) in [5.74, 6) is 1.51. The van der Waals surface area contributed by atoms with Crippen molar-refractivity contribution in [3.05, 3.63) is 89.2 Å². The predicted octanol–water partition coefficient (Wildman–Crippen LogP) is 3.83. The van der Waals surface area contributed by atoms with E-state index < -0.39 is 0 Å². The molecule has 0 amide bonds. The maximum Gasteiger partial charge on any atom is 0.154 e. The molecule has 0 saturated heterocycles. The number of amidine groups is 1. The number of pyridine rings is 1. The highest BCUT2D eigenvalue weighted by atomic mass is 16.5. The average molecular weight is 342 g/mol. The van der Waals surface area contributed by atoms with Gasteiger partial charge in [-0.3, -0.25) is 10.4 Å². The van der Waals surface area contributed by atoms with E-state index in [1.807, 2.05) is 42.5 Å². The molecule has 2 heterocycles. The lowest BCUT2D eigenvalue weighted by molar-refractivity contribution is 0.415. The zero-order chi connectivity index (χ0) is 17.9. The Balaban J connectivity index is 1.84. The molecule has 0 radical (unpaired) electrons. The molecule has 1 aliphatic heterocycles. The largest absolute Gasteiger partial charge is 0.497 e. The van der Waals surface area contributed by atoms with E-state index >= 15 is 0 Å². The van der Waals surface area contributed by atoms with Crippen molar-refractivity contribution in [1.82, 2.24) is 10.4 Å². The maximum atomic E-state index is 5.26. The highest BCUT2D eigenvalue weighted by Crippen LogP contribution is 2.27. The summed E-state index contributed by atoms with van der Waals surface area (Å²) in [5.41, 5.74) is 8.93. The second kappa shape index (κ2) is 6.80. The number of hydrogen-bond acceptors (Lipinski definition) is 5. The van der Waals surface area contributed by atoms with Gasteiger partial charge in [0, 0.05) is 29.1 Å². The van der Waals surface area contributed by atoms with Crippen LogP contribution in [0.15, 0.2) is 77.1 Å². The number of aryl methyl sites for hydroxylation is 1. The van der Waals surface area contributed by atoms with Gasteiger partial charge in [0.25, 0.3) is 0 Å². The normalized spacial score (nSPS) is 13.0. The molecule has 0 spiro atoms. The van der Waals surface area contributed by atoms with Gasteiger partial charge in [0.2, 0.25) is 0 Å². The molecule has 0 bridgehead atoms. The van der Waals surface area contributed by atoms with Gasteiger partial charge in [-0.2, -0.15) is 5.10 Å². The van der Waals surface area contributed by atoms with E-state index in [0.29, 0.717) is 5.84 Å². The second-order valence-electron chi connectivity index (χ2n) is 6.02. The molecule has 5 heteroatoms. The van der Waals surface area contributed by atoms with Crippen LogP contribution in [0.2, 0.25) is 0 Å². The number of nitrogens with zero attached hydrogens (tertiary/aromatic N) is 3. The van der Waals surface area contributed by atoms with Crippen molar-refractivity contribution in [2.45, 2.75) is 6.92 Å². The summed E-state index contributed by atoms with van der Waals surface area (Å²) >= 11 is 0. The van der Waals surface area contributed by atoms with E-state index in [-0.39, 0.29) is 0 Å². The van der Waals surface area contributed by atoms with Crippen LogP contribution < -0.4 is 10.2 Å². The maximum absolute atomic E-state index is 5.26. The monoisotopic (exact) mass is 342 g/mol. The Morgan fingerprint density at radius 3 is 2.38 bits per heavy atom. The zero-order valence-electron chi connectivity index (χ0n) is 14.6. The molecule has 0 aliphatic carbocycles. The first kappa shape index (κ1) is 16.0. The first-order valence-electron chi connectivity index (χ1n) is 8.33. The van der Waals surface area contributed by atoms with Crippen molar-refractivity contribution in [1.29, 1.82) is 0 Å². The van der Waals surface area contributed by atoms with Gasteiger partial charge in [-0.25, -0.2) is 4.99 Å². The molecule has 4 rings (SSSR count). The molecule has 0 fully saturated rings. The molecule has 0 saturated carbocycles. The highest BCUT2D eigenvalue weighted by Gasteiger charge is 2.17. The standard InChI is InChI=1S/C21H18N4O/c1-14-3-8-19-18(13-14)20(15-4-6-17(26-2)7-5-15)24-25-21(23-19)16-9-11-22-12-10-16/h3-13H,1-2H3,(H,23,25). The van der Waals surface area contributed by atoms with Crippen molar-refractivity contribution in [3.8, 4) is 5.75 Å². The van der Waals surface area contributed by atoms with E-state index in [9.17, 15) is 0 Å². The Labute approximate surface area is 152 Å². The highest BCUT2D eigenvalue weighted by molar-refractivity contribution is 6.18. The predicted molar refractivity (Wildman–Crippen MR) is 103 cm³/mol. The van der Waals surface area contributed by atoms with E-state index in [0.717, 1.165) is 39.4 Å². The molecule has 128 valence electrons. The van der Waals surface area contributed by atoms with Gasteiger partial charge < -0.3 is 4.74 Å². The SMILES string of the molecule is COc1ccc(C2=NNC(c3ccncc3)=Nc3ccc(C)cc32)cc1. The number of hydrazone groups is 1. The first-order chi connectivity index (χ1) is 12.7. The number of methoxy groups -OCH3 is 1. The van der Waals surface area contributed by atoms with E-state index in [2.05, 4.69) is 34.6 Å². The third kappa shape index (κ3) is 3.07. The third-order valence-electron chi connectivity index (χ3n) is 4.23. The van der Waals surface area contributed by atoms with Crippen molar-refractivity contribution in [2.75, 3.05) is 7.11 Å². The van der Waals surface area contributed by atoms with Crippen LogP contribution >= 0.6 is 0 Å². The molecular formula is C21H18N4O. The summed E-state index contributed by atoms with van der Waals surface area (Å²) in [6.07, 6.45) is 3.49. The number of aliphatic imine (C=N–C) groups is 1. The van der Waals surface area contributed by atoms with Crippen LogP contribution in [0, 0.1) is 6.92 Å². The number of ether oxygens (including phenoxy) is 1. The topological polar surface area (TPSA) is 58.9 Å². The number of benzene rings is 2. The molecule has 1 N–H and O–H groups in total. The van der Waals surface area contributed by atoms with E-state index in [4.69, 9.17) is 9.73 Å². The summed E-state index contributed by atoms with van der Waals surface area (Å²) < 4.78 is 5.26. The molecule has 1 aliphatic rings.